The van der Waals surface area contributed by atoms with Gasteiger partial charge in [0.1, 0.15) is 18.3 Å². The largest absolute Gasteiger partial charge is 0.495 e. The summed E-state index contributed by atoms with van der Waals surface area (Å²) in [5.41, 5.74) is 2.76. The molecule has 224 valence electrons. The normalized spacial score (nSPS) is 14.3. The fourth-order valence-corrected chi connectivity index (χ4v) is 7.02. The second-order valence-corrected chi connectivity index (χ2v) is 13.6. The Hall–Kier alpha value is -3.37. The molecule has 0 radical (unpaired) electrons. The van der Waals surface area contributed by atoms with Crippen LogP contribution in [-0.2, 0) is 26.2 Å². The van der Waals surface area contributed by atoms with Crippen LogP contribution in [0.2, 0.25) is 0 Å². The lowest BCUT2D eigenvalue weighted by Gasteiger charge is -2.33. The highest BCUT2D eigenvalue weighted by Gasteiger charge is 2.34. The van der Waals surface area contributed by atoms with E-state index in [1.165, 1.54) is 24.1 Å². The number of anilines is 1. The Balaban J connectivity index is 1.74. The van der Waals surface area contributed by atoms with E-state index in [4.69, 9.17) is 4.74 Å². The number of carbonyl (C=O) groups excluding carboxylic acids is 2. The topological polar surface area (TPSA) is 96.0 Å². The lowest BCUT2D eigenvalue weighted by atomic mass is 10.1. The van der Waals surface area contributed by atoms with E-state index in [0.29, 0.717) is 5.75 Å². The van der Waals surface area contributed by atoms with Gasteiger partial charge in [-0.15, -0.1) is 0 Å². The number of sulfonamides is 1. The van der Waals surface area contributed by atoms with E-state index in [0.717, 1.165) is 51.2 Å². The van der Waals surface area contributed by atoms with Crippen molar-refractivity contribution < 1.29 is 22.7 Å². The number of aryl methyl sites for hydroxylation is 2. The van der Waals surface area contributed by atoms with Gasteiger partial charge >= 0.3 is 0 Å². The van der Waals surface area contributed by atoms with Crippen molar-refractivity contribution in [3.8, 4) is 5.75 Å². The van der Waals surface area contributed by atoms with E-state index in [-0.39, 0.29) is 29.1 Å². The summed E-state index contributed by atoms with van der Waals surface area (Å²) in [6.07, 6.45) is 3.94. The van der Waals surface area contributed by atoms with Gasteiger partial charge in [0.05, 0.1) is 17.7 Å². The van der Waals surface area contributed by atoms with Crippen LogP contribution in [0.15, 0.2) is 76.1 Å². The molecule has 0 aromatic heterocycles. The van der Waals surface area contributed by atoms with E-state index >= 15 is 0 Å². The van der Waals surface area contributed by atoms with Gasteiger partial charge in [0.15, 0.2) is 0 Å². The number of nitrogens with one attached hydrogen (secondary N) is 1. The first-order valence-corrected chi connectivity index (χ1v) is 16.3. The molecule has 1 fully saturated rings. The molecule has 1 atom stereocenters. The summed E-state index contributed by atoms with van der Waals surface area (Å²) in [5, 5.41) is 3.09. The molecule has 1 aliphatic rings. The molecule has 0 saturated heterocycles. The molecule has 1 N–H and O–H groups in total. The average molecular weight is 657 g/mol. The lowest BCUT2D eigenvalue weighted by molar-refractivity contribution is -0.139. The molecule has 1 unspecified atom stereocenters. The number of nitrogens with zero attached hydrogens (tertiary/aromatic N) is 2. The molecule has 3 aromatic carbocycles. The highest BCUT2D eigenvalue weighted by molar-refractivity contribution is 9.10. The predicted octanol–water partition coefficient (Wildman–Crippen LogP) is 5.75. The summed E-state index contributed by atoms with van der Waals surface area (Å²) in [6.45, 7) is 5.01. The number of ether oxygens (including phenoxy) is 1. The highest BCUT2D eigenvalue weighted by Crippen LogP contribution is 2.34. The Bertz CT molecular complexity index is 1520. The van der Waals surface area contributed by atoms with Crippen LogP contribution >= 0.6 is 15.9 Å². The number of hydrogen-bond acceptors (Lipinski definition) is 5. The van der Waals surface area contributed by atoms with Gasteiger partial charge in [-0.05, 0) is 81.1 Å². The Morgan fingerprint density at radius 3 is 2.31 bits per heavy atom. The molecular formula is C32H38BrN3O5S. The van der Waals surface area contributed by atoms with Gasteiger partial charge in [0, 0.05) is 17.1 Å². The first-order valence-electron chi connectivity index (χ1n) is 14.1. The van der Waals surface area contributed by atoms with Crippen LogP contribution in [0.1, 0.15) is 49.3 Å². The van der Waals surface area contributed by atoms with Gasteiger partial charge < -0.3 is 15.0 Å². The Labute approximate surface area is 257 Å². The quantitative estimate of drug-likeness (QED) is 0.284. The monoisotopic (exact) mass is 655 g/mol. The standard InChI is InChI=1S/C32H38BrN3O5S/c1-22-12-15-28(16-13-22)42(39,40)36(29-18-23(2)14-17-30(29)41-4)21-31(37)35(20-25-8-7-9-26(33)19-25)24(3)32(38)34-27-10-5-6-11-27/h7-9,12-19,24,27H,5-6,10-11,20-21H2,1-4H3,(H,34,38). The van der Waals surface area contributed by atoms with Crippen LogP contribution in [0, 0.1) is 13.8 Å². The zero-order valence-electron chi connectivity index (χ0n) is 24.5. The van der Waals surface area contributed by atoms with Crippen LogP contribution in [-0.4, -0.2) is 50.9 Å². The highest BCUT2D eigenvalue weighted by atomic mass is 79.9. The van der Waals surface area contributed by atoms with E-state index in [2.05, 4.69) is 21.2 Å². The molecule has 1 aliphatic carbocycles. The van der Waals surface area contributed by atoms with Gasteiger partial charge in [-0.1, -0.05) is 64.7 Å². The minimum Gasteiger partial charge on any atom is -0.495 e. The van der Waals surface area contributed by atoms with Gasteiger partial charge in [-0.25, -0.2) is 8.42 Å². The molecule has 2 amide bonds. The Kier molecular flexibility index (Phi) is 10.3. The molecular weight excluding hydrogens is 618 g/mol. The number of halogens is 1. The van der Waals surface area contributed by atoms with Crippen LogP contribution in [0.25, 0.3) is 0 Å². The lowest BCUT2D eigenvalue weighted by Crippen LogP contribution is -2.52. The van der Waals surface area contributed by atoms with Crippen molar-refractivity contribution in [3.63, 3.8) is 0 Å². The molecule has 1 saturated carbocycles. The third-order valence-corrected chi connectivity index (χ3v) is 9.87. The first kappa shape index (κ1) is 31.6. The second kappa shape index (κ2) is 13.7. The Morgan fingerprint density at radius 1 is 1.00 bits per heavy atom. The Morgan fingerprint density at radius 2 is 1.67 bits per heavy atom. The average Bonchev–Trinajstić information content (AvgIpc) is 3.47. The van der Waals surface area contributed by atoms with Crippen molar-refractivity contribution in [2.45, 2.75) is 70.0 Å². The zero-order valence-corrected chi connectivity index (χ0v) is 26.9. The number of carbonyl (C=O) groups is 2. The molecule has 8 nitrogen and oxygen atoms in total. The molecule has 4 rings (SSSR count). The van der Waals surface area contributed by atoms with Gasteiger partial charge in [0.2, 0.25) is 11.8 Å². The molecule has 10 heteroatoms. The van der Waals surface area contributed by atoms with E-state index < -0.39 is 28.5 Å². The van der Waals surface area contributed by atoms with E-state index in [9.17, 15) is 18.0 Å². The minimum atomic E-state index is -4.20. The summed E-state index contributed by atoms with van der Waals surface area (Å²) in [6, 6.07) is 18.4. The van der Waals surface area contributed by atoms with Gasteiger partial charge in [-0.3, -0.25) is 13.9 Å². The maximum Gasteiger partial charge on any atom is 0.264 e. The molecule has 0 aliphatic heterocycles. The van der Waals surface area contributed by atoms with E-state index in [1.54, 1.807) is 31.2 Å². The number of methoxy groups -OCH3 is 1. The summed E-state index contributed by atoms with van der Waals surface area (Å²) < 4.78 is 35.7. The summed E-state index contributed by atoms with van der Waals surface area (Å²) >= 11 is 3.48. The smallest absolute Gasteiger partial charge is 0.264 e. The first-order chi connectivity index (χ1) is 20.0. The number of benzene rings is 3. The molecule has 0 heterocycles. The zero-order chi connectivity index (χ0) is 30.4. The fourth-order valence-electron chi connectivity index (χ4n) is 5.15. The van der Waals surface area contributed by atoms with Crippen molar-refractivity contribution in [2.24, 2.45) is 0 Å². The second-order valence-electron chi connectivity index (χ2n) is 10.8. The van der Waals surface area contributed by atoms with Gasteiger partial charge in [0.25, 0.3) is 10.0 Å². The molecule has 3 aromatic rings. The third kappa shape index (κ3) is 7.52. The van der Waals surface area contributed by atoms with Crippen molar-refractivity contribution in [3.05, 3.63) is 87.9 Å². The number of rotatable bonds is 11. The number of amides is 2. The van der Waals surface area contributed by atoms with Crippen molar-refractivity contribution in [1.29, 1.82) is 0 Å². The molecule has 0 bridgehead atoms. The summed E-state index contributed by atoms with van der Waals surface area (Å²) in [7, 11) is -2.74. The molecule has 42 heavy (non-hydrogen) atoms. The maximum atomic E-state index is 14.2. The SMILES string of the molecule is COc1ccc(C)cc1N(CC(=O)N(Cc1cccc(Br)c1)C(C)C(=O)NC1CCCC1)S(=O)(=O)c1ccc(C)cc1. The van der Waals surface area contributed by atoms with Crippen LogP contribution < -0.4 is 14.4 Å². The predicted molar refractivity (Wildman–Crippen MR) is 168 cm³/mol. The number of hydrogen-bond donors (Lipinski definition) is 1. The maximum absolute atomic E-state index is 14.2. The van der Waals surface area contributed by atoms with Crippen molar-refractivity contribution >= 4 is 43.5 Å². The summed E-state index contributed by atoms with van der Waals surface area (Å²) in [5.74, 6) is -0.454. The van der Waals surface area contributed by atoms with Crippen LogP contribution in [0.4, 0.5) is 5.69 Å². The van der Waals surface area contributed by atoms with Crippen LogP contribution in [0.3, 0.4) is 0 Å². The third-order valence-electron chi connectivity index (χ3n) is 7.60. The molecule has 0 spiro atoms. The minimum absolute atomic E-state index is 0.0509. The summed E-state index contributed by atoms with van der Waals surface area (Å²) in [4.78, 5) is 29.1. The van der Waals surface area contributed by atoms with Gasteiger partial charge in [-0.2, -0.15) is 0 Å². The van der Waals surface area contributed by atoms with Crippen LogP contribution in [0.5, 0.6) is 5.75 Å². The fraction of sp³-hybridized carbons (Fsp3) is 0.375. The van der Waals surface area contributed by atoms with Crippen molar-refractivity contribution in [2.75, 3.05) is 18.0 Å². The van der Waals surface area contributed by atoms with E-state index in [1.807, 2.05) is 44.2 Å². The van der Waals surface area contributed by atoms with Crippen molar-refractivity contribution in [1.82, 2.24) is 10.2 Å².